The van der Waals surface area contributed by atoms with Crippen molar-refractivity contribution in [3.63, 3.8) is 0 Å². The number of hydrogen-bond acceptors (Lipinski definition) is 7. The monoisotopic (exact) mass is 545 g/mol. The van der Waals surface area contributed by atoms with E-state index in [-0.39, 0.29) is 31.2 Å². The number of hydrogen-bond donors (Lipinski definition) is 1. The second-order valence-corrected chi connectivity index (χ2v) is 9.87. The van der Waals surface area contributed by atoms with E-state index in [1.54, 1.807) is 12.1 Å². The number of nitrogens with zero attached hydrogens (tertiary/aromatic N) is 1. The number of esters is 1. The van der Waals surface area contributed by atoms with Crippen molar-refractivity contribution in [2.75, 3.05) is 33.5 Å². The van der Waals surface area contributed by atoms with Crippen LogP contribution in [0, 0.1) is 0 Å². The third-order valence-electron chi connectivity index (χ3n) is 6.92. The summed E-state index contributed by atoms with van der Waals surface area (Å²) in [6.07, 6.45) is 1.58. The number of likely N-dealkylation sites (N-methyl/N-ethyl adjacent to an activating group) is 1. The van der Waals surface area contributed by atoms with Gasteiger partial charge in [-0.3, -0.25) is 4.79 Å². The highest BCUT2D eigenvalue weighted by molar-refractivity contribution is 5.99. The summed E-state index contributed by atoms with van der Waals surface area (Å²) in [5.74, 6) is 2.20. The van der Waals surface area contributed by atoms with Crippen LogP contribution in [0.4, 0.5) is 0 Å². The summed E-state index contributed by atoms with van der Waals surface area (Å²) in [5.41, 5.74) is 5.26. The van der Waals surface area contributed by atoms with Crippen molar-refractivity contribution in [2.24, 2.45) is 0 Å². The van der Waals surface area contributed by atoms with Gasteiger partial charge in [0.2, 0.25) is 6.79 Å². The quantitative estimate of drug-likeness (QED) is 0.193. The Morgan fingerprint density at radius 2 is 1.57 bits per heavy atom. The predicted octanol–water partition coefficient (Wildman–Crippen LogP) is 6.53. The van der Waals surface area contributed by atoms with Gasteiger partial charge in [-0.1, -0.05) is 51.1 Å². The summed E-state index contributed by atoms with van der Waals surface area (Å²) < 4.78 is 22.9. The third-order valence-corrected chi connectivity index (χ3v) is 6.92. The first-order valence-corrected chi connectivity index (χ1v) is 14.0. The number of carbonyl (C=O) groups excluding carboxylic acids is 1. The van der Waals surface area contributed by atoms with Gasteiger partial charge in [0.15, 0.2) is 11.5 Å². The van der Waals surface area contributed by atoms with Gasteiger partial charge in [0.1, 0.15) is 24.2 Å². The molecule has 7 nitrogen and oxygen atoms in total. The van der Waals surface area contributed by atoms with Crippen LogP contribution in [0.5, 0.6) is 23.0 Å². The van der Waals surface area contributed by atoms with E-state index in [1.807, 2.05) is 62.5 Å². The standard InChI is InChI=1S/C33H39NO6/c1-5-8-32(36)40-28(20-34(4)7-3)21-37-27-16-11-24(12-17-27)33(23-9-14-26(35)15-10-23)29(6-2)25-13-18-30-31(19-25)39-22-38-30/h9-19,28,35H,5-8,20-22H2,1-4H3. The van der Waals surface area contributed by atoms with Crippen molar-refractivity contribution in [1.82, 2.24) is 4.90 Å². The Morgan fingerprint density at radius 3 is 2.23 bits per heavy atom. The number of allylic oxidation sites excluding steroid dienone is 1. The van der Waals surface area contributed by atoms with Gasteiger partial charge in [0.05, 0.1) is 0 Å². The molecule has 1 heterocycles. The minimum atomic E-state index is -0.353. The molecule has 0 radical (unpaired) electrons. The summed E-state index contributed by atoms with van der Waals surface area (Å²) in [6.45, 7) is 8.12. The summed E-state index contributed by atoms with van der Waals surface area (Å²) in [7, 11) is 2.00. The van der Waals surface area contributed by atoms with E-state index in [4.69, 9.17) is 18.9 Å². The highest BCUT2D eigenvalue weighted by Gasteiger charge is 2.19. The highest BCUT2D eigenvalue weighted by atomic mass is 16.7. The second kappa shape index (κ2) is 13.9. The Labute approximate surface area is 236 Å². The number of aromatic hydroxyl groups is 1. The predicted molar refractivity (Wildman–Crippen MR) is 157 cm³/mol. The molecule has 0 spiro atoms. The van der Waals surface area contributed by atoms with Crippen molar-refractivity contribution in [1.29, 1.82) is 0 Å². The number of fused-ring (bicyclic) bond motifs is 1. The fourth-order valence-electron chi connectivity index (χ4n) is 4.71. The van der Waals surface area contributed by atoms with E-state index in [0.717, 1.165) is 58.7 Å². The first-order valence-electron chi connectivity index (χ1n) is 14.0. The molecule has 1 aliphatic heterocycles. The molecule has 1 unspecified atom stereocenters. The van der Waals surface area contributed by atoms with E-state index in [2.05, 4.69) is 24.8 Å². The van der Waals surface area contributed by atoms with E-state index < -0.39 is 0 Å². The lowest BCUT2D eigenvalue weighted by molar-refractivity contribution is -0.151. The molecule has 0 aliphatic carbocycles. The molecule has 40 heavy (non-hydrogen) atoms. The van der Waals surface area contributed by atoms with E-state index in [1.165, 1.54) is 0 Å². The van der Waals surface area contributed by atoms with Crippen LogP contribution >= 0.6 is 0 Å². The molecule has 3 aromatic rings. The van der Waals surface area contributed by atoms with Crippen LogP contribution < -0.4 is 14.2 Å². The Hall–Kier alpha value is -3.97. The lowest BCUT2D eigenvalue weighted by atomic mass is 9.88. The van der Waals surface area contributed by atoms with Crippen molar-refractivity contribution >= 4 is 17.1 Å². The average molecular weight is 546 g/mol. The van der Waals surface area contributed by atoms with Crippen molar-refractivity contribution in [3.05, 3.63) is 83.4 Å². The van der Waals surface area contributed by atoms with E-state index in [0.29, 0.717) is 18.7 Å². The zero-order valence-electron chi connectivity index (χ0n) is 23.8. The molecule has 3 aromatic carbocycles. The van der Waals surface area contributed by atoms with Gasteiger partial charge < -0.3 is 29.0 Å². The Balaban J connectivity index is 1.61. The second-order valence-electron chi connectivity index (χ2n) is 9.87. The molecule has 1 N–H and O–H groups in total. The molecule has 0 bridgehead atoms. The zero-order valence-corrected chi connectivity index (χ0v) is 23.8. The maximum Gasteiger partial charge on any atom is 0.306 e. The lowest BCUT2D eigenvalue weighted by Gasteiger charge is -2.23. The number of rotatable bonds is 13. The molecule has 7 heteroatoms. The van der Waals surface area contributed by atoms with Gasteiger partial charge in [-0.25, -0.2) is 0 Å². The van der Waals surface area contributed by atoms with Crippen LogP contribution in [-0.2, 0) is 9.53 Å². The van der Waals surface area contributed by atoms with Crippen LogP contribution in [-0.4, -0.2) is 55.6 Å². The van der Waals surface area contributed by atoms with Crippen LogP contribution in [0.15, 0.2) is 66.7 Å². The Morgan fingerprint density at radius 1 is 0.925 bits per heavy atom. The van der Waals surface area contributed by atoms with Gasteiger partial charge in [-0.05, 0) is 90.7 Å². The number of carbonyl (C=O) groups is 1. The molecule has 1 aliphatic rings. The molecule has 212 valence electrons. The molecule has 0 saturated carbocycles. The van der Waals surface area contributed by atoms with Gasteiger partial charge in [-0.2, -0.15) is 0 Å². The van der Waals surface area contributed by atoms with Crippen LogP contribution in [0.3, 0.4) is 0 Å². The molecule has 1 atom stereocenters. The van der Waals surface area contributed by atoms with Crippen LogP contribution in [0.2, 0.25) is 0 Å². The van der Waals surface area contributed by atoms with Gasteiger partial charge in [0, 0.05) is 13.0 Å². The minimum absolute atomic E-state index is 0.199. The largest absolute Gasteiger partial charge is 0.508 e. The molecule has 4 rings (SSSR count). The topological polar surface area (TPSA) is 77.5 Å². The molecule has 0 amide bonds. The van der Waals surface area contributed by atoms with E-state index in [9.17, 15) is 9.90 Å². The highest BCUT2D eigenvalue weighted by Crippen LogP contribution is 2.40. The molecular formula is C33H39NO6. The van der Waals surface area contributed by atoms with Crippen LogP contribution in [0.1, 0.15) is 56.7 Å². The van der Waals surface area contributed by atoms with Crippen molar-refractivity contribution in [3.8, 4) is 23.0 Å². The number of benzene rings is 3. The van der Waals surface area contributed by atoms with Crippen molar-refractivity contribution in [2.45, 2.75) is 46.1 Å². The number of ether oxygens (including phenoxy) is 4. The van der Waals surface area contributed by atoms with Crippen molar-refractivity contribution < 1.29 is 28.8 Å². The molecule has 0 aromatic heterocycles. The Bertz CT molecular complexity index is 1300. The normalized spacial score (nSPS) is 13.6. The summed E-state index contributed by atoms with van der Waals surface area (Å²) in [5, 5.41) is 9.93. The minimum Gasteiger partial charge on any atom is -0.508 e. The van der Waals surface area contributed by atoms with Crippen LogP contribution in [0.25, 0.3) is 11.1 Å². The van der Waals surface area contributed by atoms with Gasteiger partial charge >= 0.3 is 5.97 Å². The number of phenols is 1. The fraction of sp³-hybridized carbons (Fsp3) is 0.364. The maximum absolute atomic E-state index is 12.1. The van der Waals surface area contributed by atoms with Gasteiger partial charge in [0.25, 0.3) is 0 Å². The average Bonchev–Trinajstić information content (AvgIpc) is 3.44. The molecular weight excluding hydrogens is 506 g/mol. The lowest BCUT2D eigenvalue weighted by Crippen LogP contribution is -2.36. The summed E-state index contributed by atoms with van der Waals surface area (Å²) in [4.78, 5) is 14.3. The summed E-state index contributed by atoms with van der Waals surface area (Å²) in [6, 6.07) is 21.2. The first-order chi connectivity index (χ1) is 19.4. The smallest absolute Gasteiger partial charge is 0.306 e. The zero-order chi connectivity index (χ0) is 28.5. The first kappa shape index (κ1) is 29.0. The van der Waals surface area contributed by atoms with E-state index >= 15 is 0 Å². The molecule has 0 fully saturated rings. The summed E-state index contributed by atoms with van der Waals surface area (Å²) >= 11 is 0. The maximum atomic E-state index is 12.1. The van der Waals surface area contributed by atoms with Gasteiger partial charge in [-0.15, -0.1) is 0 Å². The number of phenolic OH excluding ortho intramolecular Hbond substituents is 1. The fourth-order valence-corrected chi connectivity index (χ4v) is 4.71. The SMILES string of the molecule is CCCC(=O)OC(COc1ccc(C(=C(CC)c2ccc3c(c2)OCO3)c2ccc(O)cc2)cc1)CN(C)CC. The molecule has 0 saturated heterocycles. The third kappa shape index (κ3) is 7.36. The Kier molecular flexibility index (Phi) is 10.1.